The summed E-state index contributed by atoms with van der Waals surface area (Å²) in [7, 11) is 1.70. The van der Waals surface area contributed by atoms with Crippen LogP contribution in [0.4, 0.5) is 5.69 Å². The lowest BCUT2D eigenvalue weighted by molar-refractivity contribution is -0.133. The van der Waals surface area contributed by atoms with E-state index in [4.69, 9.17) is 9.52 Å². The molecule has 0 unspecified atom stereocenters. The molecule has 0 aliphatic heterocycles. The number of nitrogens with one attached hydrogen (secondary N) is 1. The number of hydrogen-bond donors (Lipinski definition) is 2. The first kappa shape index (κ1) is 13.5. The standard InChI is InChI=1S/C14H12N2O4/c1-15-12-7-10(13-16-4-5-20-13)3-2-9(12)6-11(8-17)14(18)19/h2-8,15H,1H3,(H,18,19)/b11-6+. The van der Waals surface area contributed by atoms with Crippen molar-refractivity contribution < 1.29 is 19.1 Å². The zero-order chi connectivity index (χ0) is 14.5. The van der Waals surface area contributed by atoms with Gasteiger partial charge in [0.15, 0.2) is 6.29 Å². The van der Waals surface area contributed by atoms with E-state index in [0.717, 1.165) is 5.56 Å². The van der Waals surface area contributed by atoms with Gasteiger partial charge >= 0.3 is 5.97 Å². The van der Waals surface area contributed by atoms with E-state index in [0.29, 0.717) is 23.4 Å². The van der Waals surface area contributed by atoms with Gasteiger partial charge in [0.1, 0.15) is 6.26 Å². The van der Waals surface area contributed by atoms with Crippen molar-refractivity contribution in [3.05, 3.63) is 41.8 Å². The first-order valence-electron chi connectivity index (χ1n) is 5.77. The van der Waals surface area contributed by atoms with Gasteiger partial charge in [0, 0.05) is 18.3 Å². The maximum atomic E-state index is 10.8. The van der Waals surface area contributed by atoms with E-state index in [2.05, 4.69) is 10.3 Å². The smallest absolute Gasteiger partial charge is 0.339 e. The maximum Gasteiger partial charge on any atom is 0.339 e. The molecule has 0 fully saturated rings. The largest absolute Gasteiger partial charge is 0.478 e. The maximum absolute atomic E-state index is 10.8. The zero-order valence-corrected chi connectivity index (χ0v) is 10.7. The minimum absolute atomic E-state index is 0.309. The van der Waals surface area contributed by atoms with Gasteiger partial charge in [0.2, 0.25) is 5.89 Å². The second-order valence-corrected chi connectivity index (χ2v) is 3.91. The number of hydrogen-bond acceptors (Lipinski definition) is 5. The monoisotopic (exact) mass is 272 g/mol. The number of oxazole rings is 1. The summed E-state index contributed by atoms with van der Waals surface area (Å²) in [4.78, 5) is 25.6. The van der Waals surface area contributed by atoms with E-state index >= 15 is 0 Å². The summed E-state index contributed by atoms with van der Waals surface area (Å²) < 4.78 is 5.19. The third kappa shape index (κ3) is 2.74. The van der Waals surface area contributed by atoms with Gasteiger partial charge in [-0.15, -0.1) is 0 Å². The molecular weight excluding hydrogens is 260 g/mol. The average Bonchev–Trinajstić information content (AvgIpc) is 2.98. The number of rotatable bonds is 5. The Morgan fingerprint density at radius 3 is 2.80 bits per heavy atom. The topological polar surface area (TPSA) is 92.4 Å². The van der Waals surface area contributed by atoms with Gasteiger partial charge in [0.05, 0.1) is 11.8 Å². The molecule has 1 aromatic heterocycles. The number of aliphatic carboxylic acids is 1. The van der Waals surface area contributed by atoms with Crippen molar-refractivity contribution in [2.24, 2.45) is 0 Å². The summed E-state index contributed by atoms with van der Waals surface area (Å²) in [5, 5.41) is 11.8. The van der Waals surface area contributed by atoms with Gasteiger partial charge in [0.25, 0.3) is 0 Å². The van der Waals surface area contributed by atoms with Crippen LogP contribution in [0, 0.1) is 0 Å². The van der Waals surface area contributed by atoms with Gasteiger partial charge in [-0.2, -0.15) is 0 Å². The summed E-state index contributed by atoms with van der Waals surface area (Å²) in [5.74, 6) is -0.801. The molecule has 0 saturated carbocycles. The average molecular weight is 272 g/mol. The molecule has 0 atom stereocenters. The molecule has 0 spiro atoms. The van der Waals surface area contributed by atoms with Crippen LogP contribution in [-0.4, -0.2) is 29.4 Å². The van der Waals surface area contributed by atoms with E-state index in [1.54, 1.807) is 25.2 Å². The van der Waals surface area contributed by atoms with Gasteiger partial charge in [-0.1, -0.05) is 6.07 Å². The fourth-order valence-electron chi connectivity index (χ4n) is 1.71. The Morgan fingerprint density at radius 2 is 2.25 bits per heavy atom. The number of carbonyl (C=O) groups is 2. The van der Waals surface area contributed by atoms with E-state index in [1.807, 2.05) is 0 Å². The summed E-state index contributed by atoms with van der Waals surface area (Å²) in [6.45, 7) is 0. The van der Waals surface area contributed by atoms with E-state index in [9.17, 15) is 9.59 Å². The van der Waals surface area contributed by atoms with Gasteiger partial charge in [-0.25, -0.2) is 9.78 Å². The Hall–Kier alpha value is -2.89. The molecule has 6 heteroatoms. The summed E-state index contributed by atoms with van der Waals surface area (Å²) >= 11 is 0. The van der Waals surface area contributed by atoms with Crippen molar-refractivity contribution in [1.29, 1.82) is 0 Å². The van der Waals surface area contributed by atoms with E-state index < -0.39 is 5.97 Å². The van der Waals surface area contributed by atoms with Crippen LogP contribution in [0.3, 0.4) is 0 Å². The van der Waals surface area contributed by atoms with Crippen LogP contribution >= 0.6 is 0 Å². The third-order valence-electron chi connectivity index (χ3n) is 2.69. The highest BCUT2D eigenvalue weighted by molar-refractivity contribution is 6.11. The summed E-state index contributed by atoms with van der Waals surface area (Å²) in [6, 6.07) is 5.20. The van der Waals surface area contributed by atoms with E-state index in [-0.39, 0.29) is 5.57 Å². The number of anilines is 1. The number of aromatic nitrogens is 1. The van der Waals surface area contributed by atoms with Crippen molar-refractivity contribution in [3.63, 3.8) is 0 Å². The molecule has 102 valence electrons. The lowest BCUT2D eigenvalue weighted by Crippen LogP contribution is -2.02. The third-order valence-corrected chi connectivity index (χ3v) is 2.69. The first-order valence-corrected chi connectivity index (χ1v) is 5.77. The molecule has 6 nitrogen and oxygen atoms in total. The van der Waals surface area contributed by atoms with Crippen LogP contribution < -0.4 is 5.32 Å². The molecule has 20 heavy (non-hydrogen) atoms. The number of aldehydes is 1. The number of carboxylic acid groups (broad SMARTS) is 1. The molecular formula is C14H12N2O4. The first-order chi connectivity index (χ1) is 9.65. The molecule has 0 aliphatic rings. The van der Waals surface area contributed by atoms with Crippen LogP contribution in [0.5, 0.6) is 0 Å². The van der Waals surface area contributed by atoms with Crippen molar-refractivity contribution in [1.82, 2.24) is 4.98 Å². The number of benzene rings is 1. The van der Waals surface area contributed by atoms with Crippen molar-refractivity contribution in [2.75, 3.05) is 12.4 Å². The molecule has 2 aromatic rings. The van der Waals surface area contributed by atoms with Crippen molar-refractivity contribution >= 4 is 24.0 Å². The van der Waals surface area contributed by atoms with Crippen LogP contribution in [0.25, 0.3) is 17.5 Å². The minimum atomic E-state index is -1.26. The van der Waals surface area contributed by atoms with Crippen LogP contribution in [0.15, 0.2) is 40.6 Å². The van der Waals surface area contributed by atoms with Crippen LogP contribution in [0.2, 0.25) is 0 Å². The lowest BCUT2D eigenvalue weighted by atomic mass is 10.1. The molecule has 0 radical (unpaired) electrons. The molecule has 0 aliphatic carbocycles. The summed E-state index contributed by atoms with van der Waals surface area (Å²) in [5.41, 5.74) is 1.69. The van der Waals surface area contributed by atoms with Gasteiger partial charge in [-0.3, -0.25) is 4.79 Å². The highest BCUT2D eigenvalue weighted by Crippen LogP contribution is 2.26. The molecule has 2 N–H and O–H groups in total. The number of carbonyl (C=O) groups excluding carboxylic acids is 1. The van der Waals surface area contributed by atoms with Gasteiger partial charge in [-0.05, 0) is 23.8 Å². The zero-order valence-electron chi connectivity index (χ0n) is 10.7. The Bertz CT molecular complexity index is 660. The van der Waals surface area contributed by atoms with Crippen molar-refractivity contribution in [3.8, 4) is 11.5 Å². The quantitative estimate of drug-likeness (QED) is 0.374. The molecule has 0 saturated heterocycles. The predicted molar refractivity (Wildman–Crippen MR) is 73.2 cm³/mol. The van der Waals surface area contributed by atoms with Gasteiger partial charge < -0.3 is 14.8 Å². The minimum Gasteiger partial charge on any atom is -0.478 e. The molecule has 1 aromatic carbocycles. The Kier molecular flexibility index (Phi) is 3.95. The molecule has 1 heterocycles. The Labute approximate surface area is 114 Å². The predicted octanol–water partition coefficient (Wildman–Crippen LogP) is 2.05. The molecule has 2 rings (SSSR count). The van der Waals surface area contributed by atoms with E-state index in [1.165, 1.54) is 18.5 Å². The highest BCUT2D eigenvalue weighted by Gasteiger charge is 2.10. The highest BCUT2D eigenvalue weighted by atomic mass is 16.4. The number of nitrogens with zero attached hydrogens (tertiary/aromatic N) is 1. The normalized spacial score (nSPS) is 11.2. The lowest BCUT2D eigenvalue weighted by Gasteiger charge is -2.07. The second kappa shape index (κ2) is 5.83. The molecule has 0 bridgehead atoms. The van der Waals surface area contributed by atoms with Crippen LogP contribution in [0.1, 0.15) is 5.56 Å². The summed E-state index contributed by atoms with van der Waals surface area (Å²) in [6.07, 6.45) is 4.62. The Morgan fingerprint density at radius 1 is 1.45 bits per heavy atom. The number of carboxylic acids is 1. The van der Waals surface area contributed by atoms with Crippen LogP contribution in [-0.2, 0) is 9.59 Å². The SMILES string of the molecule is CNc1cc(-c2ncco2)ccc1/C=C(\C=O)C(=O)O. The second-order valence-electron chi connectivity index (χ2n) is 3.91. The fourth-order valence-corrected chi connectivity index (χ4v) is 1.71. The fraction of sp³-hybridized carbons (Fsp3) is 0.0714. The molecule has 0 amide bonds. The van der Waals surface area contributed by atoms with Crippen molar-refractivity contribution in [2.45, 2.75) is 0 Å². The Balaban J connectivity index is 2.46.